The van der Waals surface area contributed by atoms with E-state index < -0.39 is 23.7 Å². The van der Waals surface area contributed by atoms with Gasteiger partial charge in [-0.3, -0.25) is 5.32 Å². The van der Waals surface area contributed by atoms with Crippen LogP contribution in [0.5, 0.6) is 0 Å². The van der Waals surface area contributed by atoms with E-state index in [2.05, 4.69) is 20.8 Å². The van der Waals surface area contributed by atoms with Crippen molar-refractivity contribution < 1.29 is 13.6 Å². The zero-order valence-electron chi connectivity index (χ0n) is 13.9. The molecule has 2 N–H and O–H groups in total. The molecule has 0 spiro atoms. The summed E-state index contributed by atoms with van der Waals surface area (Å²) in [4.78, 5) is 12.1. The molecule has 1 atom stereocenters. The van der Waals surface area contributed by atoms with Gasteiger partial charge in [-0.05, 0) is 30.5 Å². The fourth-order valence-corrected chi connectivity index (χ4v) is 3.89. The van der Waals surface area contributed by atoms with Crippen molar-refractivity contribution in [2.24, 2.45) is 5.92 Å². The molecule has 8 heteroatoms. The molecule has 1 aromatic heterocycles. The van der Waals surface area contributed by atoms with E-state index >= 15 is 0 Å². The molecule has 1 aliphatic rings. The molecule has 0 radical (unpaired) electrons. The smallest absolute Gasteiger partial charge is 0.321 e. The van der Waals surface area contributed by atoms with Crippen LogP contribution in [0.15, 0.2) is 18.2 Å². The maximum Gasteiger partial charge on any atom is 0.321 e. The zero-order chi connectivity index (χ0) is 17.8. The average Bonchev–Trinajstić information content (AvgIpc) is 3.22. The highest BCUT2D eigenvalue weighted by Crippen LogP contribution is 2.29. The highest BCUT2D eigenvalue weighted by Gasteiger charge is 2.18. The summed E-state index contributed by atoms with van der Waals surface area (Å²) in [6.45, 7) is 1.69. The molecule has 2 amide bonds. The Morgan fingerprint density at radius 2 is 2.04 bits per heavy atom. The number of carbonyl (C=O) groups excluding carboxylic acids is 1. The molecule has 134 valence electrons. The van der Waals surface area contributed by atoms with Crippen LogP contribution in [-0.4, -0.2) is 16.2 Å². The van der Waals surface area contributed by atoms with Crippen LogP contribution in [0.1, 0.15) is 49.2 Å². The molecule has 5 nitrogen and oxygen atoms in total. The van der Waals surface area contributed by atoms with E-state index in [1.807, 2.05) is 0 Å². The fraction of sp³-hybridized carbons (Fsp3) is 0.471. The second-order valence-electron chi connectivity index (χ2n) is 6.35. The molecule has 0 aliphatic heterocycles. The van der Waals surface area contributed by atoms with E-state index in [9.17, 15) is 13.6 Å². The van der Waals surface area contributed by atoms with Crippen LogP contribution in [0.4, 0.5) is 18.7 Å². The van der Waals surface area contributed by atoms with Gasteiger partial charge < -0.3 is 5.32 Å². The van der Waals surface area contributed by atoms with Gasteiger partial charge in [-0.2, -0.15) is 0 Å². The first-order valence-electron chi connectivity index (χ1n) is 8.36. The summed E-state index contributed by atoms with van der Waals surface area (Å²) in [5.41, 5.74) is 0.480. The lowest BCUT2D eigenvalue weighted by molar-refractivity contribution is 0.249. The Balaban J connectivity index is 1.53. The van der Waals surface area contributed by atoms with Crippen molar-refractivity contribution in [2.45, 2.75) is 45.1 Å². The molecule has 1 aliphatic carbocycles. The number of amides is 2. The normalized spacial score (nSPS) is 16.0. The third-order valence-corrected chi connectivity index (χ3v) is 5.28. The van der Waals surface area contributed by atoms with Gasteiger partial charge in [0.1, 0.15) is 5.01 Å². The van der Waals surface area contributed by atoms with Crippen molar-refractivity contribution in [3.05, 3.63) is 40.4 Å². The predicted molar refractivity (Wildman–Crippen MR) is 92.5 cm³/mol. The average molecular weight is 366 g/mol. The van der Waals surface area contributed by atoms with E-state index in [0.717, 1.165) is 23.6 Å². The lowest BCUT2D eigenvalue weighted by Gasteiger charge is -2.14. The Morgan fingerprint density at radius 3 is 2.76 bits per heavy atom. The Labute approximate surface area is 148 Å². The summed E-state index contributed by atoms with van der Waals surface area (Å²) in [7, 11) is 0. The number of hydrogen-bond acceptors (Lipinski definition) is 4. The second kappa shape index (κ2) is 7.86. The maximum absolute atomic E-state index is 13.3. The van der Waals surface area contributed by atoms with E-state index in [0.29, 0.717) is 16.6 Å². The van der Waals surface area contributed by atoms with Crippen LogP contribution < -0.4 is 10.6 Å². The van der Waals surface area contributed by atoms with Gasteiger partial charge in [0.25, 0.3) is 0 Å². The summed E-state index contributed by atoms with van der Waals surface area (Å²) < 4.78 is 26.2. The number of nitrogens with zero attached hydrogens (tertiary/aromatic N) is 2. The third-order valence-electron chi connectivity index (χ3n) is 4.42. The van der Waals surface area contributed by atoms with Crippen molar-refractivity contribution in [2.75, 3.05) is 5.32 Å². The quantitative estimate of drug-likeness (QED) is 0.822. The van der Waals surface area contributed by atoms with Gasteiger partial charge in [-0.1, -0.05) is 43.1 Å². The van der Waals surface area contributed by atoms with E-state index in [4.69, 9.17) is 0 Å². The minimum Gasteiger partial charge on any atom is -0.331 e. The molecule has 3 rings (SSSR count). The lowest BCUT2D eigenvalue weighted by atomic mass is 10.1. The van der Waals surface area contributed by atoms with Crippen molar-refractivity contribution in [1.29, 1.82) is 0 Å². The van der Waals surface area contributed by atoms with Crippen LogP contribution in [0.25, 0.3) is 0 Å². The first-order chi connectivity index (χ1) is 12.0. The predicted octanol–water partition coefficient (Wildman–Crippen LogP) is 4.43. The van der Waals surface area contributed by atoms with Crippen molar-refractivity contribution in [3.8, 4) is 0 Å². The summed E-state index contributed by atoms with van der Waals surface area (Å²) >= 11 is 1.37. The monoisotopic (exact) mass is 366 g/mol. The Bertz CT molecular complexity index is 746. The van der Waals surface area contributed by atoms with Crippen molar-refractivity contribution in [3.63, 3.8) is 0 Å². The van der Waals surface area contributed by atoms with Gasteiger partial charge in [0, 0.05) is 6.42 Å². The summed E-state index contributed by atoms with van der Waals surface area (Å²) in [6, 6.07) is 2.63. The van der Waals surface area contributed by atoms with E-state index in [-0.39, 0.29) is 0 Å². The van der Waals surface area contributed by atoms with Crippen LogP contribution in [-0.2, 0) is 6.42 Å². The van der Waals surface area contributed by atoms with Gasteiger partial charge >= 0.3 is 6.03 Å². The van der Waals surface area contributed by atoms with Crippen LogP contribution in [0.2, 0.25) is 0 Å². The third kappa shape index (κ3) is 4.72. The lowest BCUT2D eigenvalue weighted by Crippen LogP contribution is -2.31. The molecule has 1 aromatic carbocycles. The molecular formula is C17H20F2N4OS. The number of rotatable bonds is 5. The summed E-state index contributed by atoms with van der Waals surface area (Å²) in [5.74, 6) is -1.18. The molecule has 0 bridgehead atoms. The van der Waals surface area contributed by atoms with Gasteiger partial charge in [-0.25, -0.2) is 13.6 Å². The molecule has 1 heterocycles. The van der Waals surface area contributed by atoms with Crippen LogP contribution in [0, 0.1) is 17.6 Å². The minimum absolute atomic E-state index is 0.433. The molecular weight excluding hydrogens is 346 g/mol. The van der Waals surface area contributed by atoms with E-state index in [1.165, 1.54) is 43.1 Å². The number of anilines is 1. The Hall–Kier alpha value is -2.09. The zero-order valence-corrected chi connectivity index (χ0v) is 14.7. The maximum atomic E-state index is 13.3. The van der Waals surface area contributed by atoms with Crippen LogP contribution in [0.3, 0.4) is 0 Å². The standard InChI is InChI=1S/C17H20F2N4OS/c1-10(12-6-7-13(18)14(19)9-12)20-16(24)21-17-23-22-15(25-17)8-11-4-2-3-5-11/h6-7,9-11H,2-5,8H2,1H3,(H2,20,21,23,24). The number of benzene rings is 1. The molecule has 1 fully saturated rings. The fourth-order valence-electron chi connectivity index (χ4n) is 3.04. The van der Waals surface area contributed by atoms with Crippen molar-refractivity contribution >= 4 is 22.5 Å². The molecule has 2 aromatic rings. The van der Waals surface area contributed by atoms with Crippen LogP contribution >= 0.6 is 11.3 Å². The highest BCUT2D eigenvalue weighted by atomic mass is 32.1. The van der Waals surface area contributed by atoms with Gasteiger partial charge in [0.15, 0.2) is 11.6 Å². The number of hydrogen-bond donors (Lipinski definition) is 2. The van der Waals surface area contributed by atoms with Gasteiger partial charge in [0.2, 0.25) is 5.13 Å². The second-order valence-corrected chi connectivity index (χ2v) is 7.41. The van der Waals surface area contributed by atoms with Gasteiger partial charge in [-0.15, -0.1) is 10.2 Å². The Kier molecular flexibility index (Phi) is 5.57. The molecule has 1 saturated carbocycles. The molecule has 25 heavy (non-hydrogen) atoms. The first kappa shape index (κ1) is 17.7. The first-order valence-corrected chi connectivity index (χ1v) is 9.18. The summed E-state index contributed by atoms with van der Waals surface area (Å²) in [5, 5.41) is 14.8. The minimum atomic E-state index is -0.938. The topological polar surface area (TPSA) is 66.9 Å². The SMILES string of the molecule is CC(NC(=O)Nc1nnc(CC2CCCC2)s1)c1ccc(F)c(F)c1. The number of aromatic nitrogens is 2. The molecule has 1 unspecified atom stereocenters. The highest BCUT2D eigenvalue weighted by molar-refractivity contribution is 7.15. The number of halogens is 2. The number of nitrogens with one attached hydrogen (secondary N) is 2. The molecule has 0 saturated heterocycles. The van der Waals surface area contributed by atoms with Crippen molar-refractivity contribution in [1.82, 2.24) is 15.5 Å². The summed E-state index contributed by atoms with van der Waals surface area (Å²) in [6.07, 6.45) is 5.92. The number of urea groups is 1. The van der Waals surface area contributed by atoms with Gasteiger partial charge in [0.05, 0.1) is 6.04 Å². The largest absolute Gasteiger partial charge is 0.331 e. The van der Waals surface area contributed by atoms with E-state index in [1.54, 1.807) is 6.92 Å². The number of carbonyl (C=O) groups is 1. The Morgan fingerprint density at radius 1 is 1.28 bits per heavy atom.